The number of dihydropyridines is 1. The van der Waals surface area contributed by atoms with Gasteiger partial charge in [-0.25, -0.2) is 0 Å². The van der Waals surface area contributed by atoms with E-state index >= 15 is 0 Å². The van der Waals surface area contributed by atoms with Crippen molar-refractivity contribution < 1.29 is 0 Å². The summed E-state index contributed by atoms with van der Waals surface area (Å²) < 4.78 is 0. The molecule has 0 aliphatic carbocycles. The maximum absolute atomic E-state index is 4.34. The molecule has 3 aliphatic heterocycles. The molecule has 3 aliphatic rings. The van der Waals surface area contributed by atoms with Crippen LogP contribution in [0.2, 0.25) is 0 Å². The summed E-state index contributed by atoms with van der Waals surface area (Å²) in [6.45, 7) is 3.08. The lowest BCUT2D eigenvalue weighted by atomic mass is 9.90. The topological polar surface area (TPSA) is 36.4 Å². The molecule has 0 aromatic heterocycles. The number of hydrogen-bond donors (Lipinski definition) is 2. The second-order valence-corrected chi connectivity index (χ2v) is 4.94. The molecule has 0 aromatic carbocycles. The van der Waals surface area contributed by atoms with E-state index in [2.05, 4.69) is 21.7 Å². The van der Waals surface area contributed by atoms with E-state index in [1.54, 1.807) is 0 Å². The highest BCUT2D eigenvalue weighted by Crippen LogP contribution is 2.46. The van der Waals surface area contributed by atoms with Crippen molar-refractivity contribution >= 4 is 18.0 Å². The Balaban J connectivity index is 1.87. The number of nitrogens with one attached hydrogen (secondary N) is 2. The van der Waals surface area contributed by atoms with Crippen LogP contribution in [0.4, 0.5) is 0 Å². The van der Waals surface area contributed by atoms with Gasteiger partial charge >= 0.3 is 0 Å². The summed E-state index contributed by atoms with van der Waals surface area (Å²) in [5.74, 6) is 1.42. The summed E-state index contributed by atoms with van der Waals surface area (Å²) in [4.78, 5) is 5.87. The van der Waals surface area contributed by atoms with Gasteiger partial charge in [0.1, 0.15) is 0 Å². The Kier molecular flexibility index (Phi) is 1.92. The Hall–Kier alpha value is -0.320. The van der Waals surface area contributed by atoms with Gasteiger partial charge in [-0.1, -0.05) is 0 Å². The summed E-state index contributed by atoms with van der Waals surface area (Å²) in [5, 5.41) is 7.50. The molecular weight excluding hydrogens is 182 g/mol. The van der Waals surface area contributed by atoms with E-state index in [0.717, 1.165) is 25.7 Å². The van der Waals surface area contributed by atoms with E-state index in [9.17, 15) is 0 Å². The summed E-state index contributed by atoms with van der Waals surface area (Å²) in [6, 6.07) is 0. The van der Waals surface area contributed by atoms with Crippen molar-refractivity contribution in [3.05, 3.63) is 11.0 Å². The Morgan fingerprint density at radius 3 is 3.54 bits per heavy atom. The zero-order valence-corrected chi connectivity index (χ0v) is 8.18. The highest BCUT2D eigenvalue weighted by molar-refractivity contribution is 8.04. The lowest BCUT2D eigenvalue weighted by Crippen LogP contribution is -2.49. The lowest BCUT2D eigenvalue weighted by molar-refractivity contribution is 0.299. The molecule has 2 saturated heterocycles. The molecule has 2 fully saturated rings. The summed E-state index contributed by atoms with van der Waals surface area (Å²) >= 11 is 2.00. The number of thioether (sulfide) groups is 1. The molecule has 0 saturated carbocycles. The summed E-state index contributed by atoms with van der Waals surface area (Å²) in [5.41, 5.74) is 0. The molecule has 3 rings (SSSR count). The molecule has 0 radical (unpaired) electrons. The molecule has 3 atom stereocenters. The molecule has 3 unspecified atom stereocenters. The molecule has 0 spiro atoms. The van der Waals surface area contributed by atoms with Gasteiger partial charge in [0, 0.05) is 37.8 Å². The largest absolute Gasteiger partial charge is 0.304 e. The van der Waals surface area contributed by atoms with Gasteiger partial charge in [-0.05, 0) is 11.0 Å². The van der Waals surface area contributed by atoms with Crippen LogP contribution < -0.4 is 10.6 Å². The third kappa shape index (κ3) is 1.24. The molecular formula is C9H13N3S. The van der Waals surface area contributed by atoms with E-state index in [-0.39, 0.29) is 0 Å². The van der Waals surface area contributed by atoms with Crippen LogP contribution in [0.1, 0.15) is 0 Å². The highest BCUT2D eigenvalue weighted by atomic mass is 32.2. The fourth-order valence-electron chi connectivity index (χ4n) is 2.29. The molecule has 0 bridgehead atoms. The van der Waals surface area contributed by atoms with Crippen LogP contribution in [-0.4, -0.2) is 31.3 Å². The van der Waals surface area contributed by atoms with Crippen LogP contribution in [0, 0.1) is 11.8 Å². The molecule has 0 amide bonds. The first-order valence-corrected chi connectivity index (χ1v) is 5.64. The molecule has 3 nitrogen and oxygen atoms in total. The van der Waals surface area contributed by atoms with Crippen LogP contribution in [0.3, 0.4) is 0 Å². The van der Waals surface area contributed by atoms with Gasteiger partial charge in [-0.15, -0.1) is 11.8 Å². The Labute approximate surface area is 82.1 Å². The van der Waals surface area contributed by atoms with Crippen LogP contribution in [0.15, 0.2) is 16.0 Å². The van der Waals surface area contributed by atoms with Crippen molar-refractivity contribution in [2.75, 3.05) is 19.8 Å². The van der Waals surface area contributed by atoms with Crippen LogP contribution in [0.25, 0.3) is 0 Å². The van der Waals surface area contributed by atoms with Crippen LogP contribution >= 0.6 is 11.8 Å². The molecule has 0 aromatic rings. The molecule has 3 heterocycles. The summed E-state index contributed by atoms with van der Waals surface area (Å²) in [7, 11) is 0. The molecule has 13 heavy (non-hydrogen) atoms. The number of aliphatic imine (C=N–C) groups is 1. The van der Waals surface area contributed by atoms with Crippen LogP contribution in [-0.2, 0) is 0 Å². The van der Waals surface area contributed by atoms with Crippen molar-refractivity contribution in [2.24, 2.45) is 16.8 Å². The van der Waals surface area contributed by atoms with Crippen molar-refractivity contribution in [2.45, 2.75) is 5.37 Å². The lowest BCUT2D eigenvalue weighted by Gasteiger charge is -2.29. The van der Waals surface area contributed by atoms with Crippen LogP contribution in [0.5, 0.6) is 0 Å². The third-order valence-corrected chi connectivity index (χ3v) is 4.47. The van der Waals surface area contributed by atoms with E-state index in [1.165, 1.54) is 4.91 Å². The first kappa shape index (κ1) is 8.03. The number of allylic oxidation sites excluding steroid dienone is 1. The van der Waals surface area contributed by atoms with Gasteiger partial charge in [0.2, 0.25) is 0 Å². The average molecular weight is 195 g/mol. The standard InChI is InChI=1S/C9H13N3S/c1-2-10-3-6-7-4-11-5-12-9(7)13-8(1)6/h1-2,6-7,9,11-12H,3-5H2. The van der Waals surface area contributed by atoms with Crippen molar-refractivity contribution in [3.8, 4) is 0 Å². The minimum atomic E-state index is 0.624. The van der Waals surface area contributed by atoms with Gasteiger partial charge in [0.05, 0.1) is 5.37 Å². The molecule has 4 heteroatoms. The van der Waals surface area contributed by atoms with Crippen molar-refractivity contribution in [3.63, 3.8) is 0 Å². The van der Waals surface area contributed by atoms with E-state index in [0.29, 0.717) is 11.3 Å². The predicted molar refractivity (Wildman–Crippen MR) is 55.8 cm³/mol. The average Bonchev–Trinajstić information content (AvgIpc) is 2.56. The summed E-state index contributed by atoms with van der Waals surface area (Å²) in [6.07, 6.45) is 4.13. The van der Waals surface area contributed by atoms with Gasteiger partial charge in [-0.3, -0.25) is 10.3 Å². The first-order valence-electron chi connectivity index (χ1n) is 4.76. The van der Waals surface area contributed by atoms with Gasteiger partial charge in [-0.2, -0.15) is 0 Å². The Morgan fingerprint density at radius 2 is 2.54 bits per heavy atom. The SMILES string of the molecule is C1=NCC2C(=C1)SC1NCNCC12. The smallest absolute Gasteiger partial charge is 0.0633 e. The first-order chi connectivity index (χ1) is 6.45. The zero-order chi connectivity index (χ0) is 8.67. The number of rotatable bonds is 0. The Bertz CT molecular complexity index is 274. The second-order valence-electron chi connectivity index (χ2n) is 3.73. The quantitative estimate of drug-likeness (QED) is 0.588. The van der Waals surface area contributed by atoms with Crippen molar-refractivity contribution in [1.29, 1.82) is 0 Å². The Morgan fingerprint density at radius 1 is 1.54 bits per heavy atom. The van der Waals surface area contributed by atoms with Gasteiger partial charge in [0.25, 0.3) is 0 Å². The fourth-order valence-corrected chi connectivity index (χ4v) is 3.77. The minimum absolute atomic E-state index is 0.624. The van der Waals surface area contributed by atoms with E-state index in [4.69, 9.17) is 0 Å². The predicted octanol–water partition coefficient (Wildman–Crippen LogP) is 0.410. The molecule has 2 N–H and O–H groups in total. The maximum atomic E-state index is 4.34. The number of fused-ring (bicyclic) bond motifs is 3. The zero-order valence-electron chi connectivity index (χ0n) is 7.36. The van der Waals surface area contributed by atoms with Gasteiger partial charge < -0.3 is 5.32 Å². The fraction of sp³-hybridized carbons (Fsp3) is 0.667. The van der Waals surface area contributed by atoms with Crippen molar-refractivity contribution in [1.82, 2.24) is 10.6 Å². The third-order valence-electron chi connectivity index (χ3n) is 2.99. The van der Waals surface area contributed by atoms with E-state index in [1.807, 2.05) is 18.0 Å². The second kappa shape index (κ2) is 3.12. The normalized spacial score (nSPS) is 42.5. The minimum Gasteiger partial charge on any atom is -0.304 e. The number of hydrogen-bond acceptors (Lipinski definition) is 4. The number of nitrogens with zero attached hydrogens (tertiary/aromatic N) is 1. The maximum Gasteiger partial charge on any atom is 0.0633 e. The highest BCUT2D eigenvalue weighted by Gasteiger charge is 2.41. The monoisotopic (exact) mass is 195 g/mol. The van der Waals surface area contributed by atoms with Gasteiger partial charge in [0.15, 0.2) is 0 Å². The molecule has 70 valence electrons. The van der Waals surface area contributed by atoms with E-state index < -0.39 is 0 Å².